The van der Waals surface area contributed by atoms with Crippen LogP contribution in [0.4, 0.5) is 0 Å². The highest BCUT2D eigenvalue weighted by atomic mass is 16.5. The minimum Gasteiger partial charge on any atom is -0.493 e. The van der Waals surface area contributed by atoms with Gasteiger partial charge in [-0.3, -0.25) is 9.69 Å². The number of fused-ring (bicyclic) bond motifs is 1. The van der Waals surface area contributed by atoms with Crippen molar-refractivity contribution in [2.75, 3.05) is 20.2 Å². The van der Waals surface area contributed by atoms with Crippen molar-refractivity contribution in [2.24, 2.45) is 0 Å². The monoisotopic (exact) mass is 520 g/mol. The van der Waals surface area contributed by atoms with Crippen LogP contribution in [0.2, 0.25) is 0 Å². The van der Waals surface area contributed by atoms with Gasteiger partial charge in [-0.25, -0.2) is 4.79 Å². The van der Waals surface area contributed by atoms with Crippen molar-refractivity contribution < 1.29 is 33.9 Å². The molecule has 9 nitrogen and oxygen atoms in total. The number of carbonyl (C=O) groups excluding carboxylic acids is 2. The minimum atomic E-state index is -0.503. The van der Waals surface area contributed by atoms with Crippen LogP contribution >= 0.6 is 0 Å². The molecule has 2 fully saturated rings. The Hall–Kier alpha value is -3.59. The summed E-state index contributed by atoms with van der Waals surface area (Å²) in [7, 11) is 1.66. The first-order valence-electron chi connectivity index (χ1n) is 13.5. The van der Waals surface area contributed by atoms with E-state index in [2.05, 4.69) is 9.89 Å². The van der Waals surface area contributed by atoms with Crippen molar-refractivity contribution in [1.29, 1.82) is 0 Å². The summed E-state index contributed by atoms with van der Waals surface area (Å²) in [6, 6.07) is 13.2. The number of aliphatic hydroxyl groups excluding tert-OH is 1. The van der Waals surface area contributed by atoms with Crippen LogP contribution in [0.25, 0.3) is 0 Å². The predicted octanol–water partition coefficient (Wildman–Crippen LogP) is 1.83. The zero-order valence-electron chi connectivity index (χ0n) is 21.6. The lowest BCUT2D eigenvalue weighted by Gasteiger charge is -2.47. The van der Waals surface area contributed by atoms with Gasteiger partial charge in [-0.1, -0.05) is 18.6 Å². The summed E-state index contributed by atoms with van der Waals surface area (Å²) < 4.78 is 18.2. The third kappa shape index (κ3) is 4.71. The van der Waals surface area contributed by atoms with Crippen molar-refractivity contribution in [3.8, 4) is 17.2 Å². The van der Waals surface area contributed by atoms with Gasteiger partial charge in [0.1, 0.15) is 18.0 Å². The Balaban J connectivity index is 1.09. The van der Waals surface area contributed by atoms with Crippen molar-refractivity contribution >= 4 is 17.7 Å². The molecule has 1 aliphatic carbocycles. The van der Waals surface area contributed by atoms with Crippen molar-refractivity contribution in [1.82, 2.24) is 9.80 Å². The molecule has 0 bridgehead atoms. The van der Waals surface area contributed by atoms with Crippen LogP contribution in [0.1, 0.15) is 54.4 Å². The predicted molar refractivity (Wildman–Crippen MR) is 139 cm³/mol. The molecular weight excluding hydrogens is 486 g/mol. The molecule has 2 amide bonds. The first-order chi connectivity index (χ1) is 18.5. The number of nitrogens with one attached hydrogen (secondary N) is 1. The molecule has 9 heteroatoms. The Labute approximate surface area is 222 Å². The number of amides is 2. The zero-order valence-corrected chi connectivity index (χ0v) is 21.6. The number of benzene rings is 2. The van der Waals surface area contributed by atoms with Crippen LogP contribution in [-0.4, -0.2) is 77.1 Å². The maximum Gasteiger partial charge on any atom is 0.388 e. The van der Waals surface area contributed by atoms with Gasteiger partial charge < -0.3 is 24.2 Å². The second kappa shape index (κ2) is 10.3. The fraction of sp³-hybridized carbons (Fsp3) is 0.483. The highest BCUT2D eigenvalue weighted by Gasteiger charge is 2.42. The third-order valence-electron chi connectivity index (χ3n) is 8.18. The van der Waals surface area contributed by atoms with Gasteiger partial charge in [0.15, 0.2) is 17.5 Å². The van der Waals surface area contributed by atoms with E-state index in [1.807, 2.05) is 42.5 Å². The summed E-state index contributed by atoms with van der Waals surface area (Å²) in [4.78, 5) is 31.2. The van der Waals surface area contributed by atoms with Gasteiger partial charge >= 0.3 is 11.8 Å². The van der Waals surface area contributed by atoms with Crippen molar-refractivity contribution in [3.05, 3.63) is 53.6 Å². The van der Waals surface area contributed by atoms with E-state index in [0.29, 0.717) is 24.6 Å². The molecule has 1 saturated heterocycles. The number of likely N-dealkylation sites (tertiary alicyclic amines) is 1. The zero-order chi connectivity index (χ0) is 26.2. The highest BCUT2D eigenvalue weighted by molar-refractivity contribution is 6.01. The minimum absolute atomic E-state index is 0.0770. The number of methoxy groups -OCH3 is 1. The van der Waals surface area contributed by atoms with Gasteiger partial charge in [0, 0.05) is 31.2 Å². The van der Waals surface area contributed by atoms with E-state index in [1.54, 1.807) is 12.0 Å². The molecule has 3 heterocycles. The van der Waals surface area contributed by atoms with Gasteiger partial charge in [0.05, 0.1) is 13.5 Å². The maximum absolute atomic E-state index is 13.0. The van der Waals surface area contributed by atoms with Gasteiger partial charge in [-0.2, -0.15) is 0 Å². The second-order valence-electron chi connectivity index (χ2n) is 10.6. The van der Waals surface area contributed by atoms with E-state index >= 15 is 0 Å². The van der Waals surface area contributed by atoms with E-state index in [1.165, 1.54) is 6.42 Å². The van der Waals surface area contributed by atoms with Crippen LogP contribution in [0.3, 0.4) is 0 Å². The average molecular weight is 521 g/mol. The molecule has 2 N–H and O–H groups in total. The maximum atomic E-state index is 13.0. The van der Waals surface area contributed by atoms with Crippen molar-refractivity contribution in [3.63, 3.8) is 0 Å². The van der Waals surface area contributed by atoms with Gasteiger partial charge in [0.25, 0.3) is 5.91 Å². The Kier molecular flexibility index (Phi) is 6.69. The summed E-state index contributed by atoms with van der Waals surface area (Å²) in [6.07, 6.45) is 5.31. The standard InChI is InChI=1S/C29H33N3O6/c1-36-25-8-4-5-9-26(25)38-20-16-31(17-20)22-6-2-3-7-24(22)37-19-10-11-21-18(14-19)15-32(29(21)35)23-12-13-27(33)30-28(23)34/h4-5,8-11,14,20,22-24H,2-3,6-7,12-13,15-17H2,1H3,(H,30,33,34)/p+1/t22-,23?,24-/m1/s1. The lowest BCUT2D eigenvalue weighted by atomic mass is 9.89. The summed E-state index contributed by atoms with van der Waals surface area (Å²) in [5.74, 6) is 1.80. The van der Waals surface area contributed by atoms with Gasteiger partial charge in [0.2, 0.25) is 0 Å². The Morgan fingerprint density at radius 3 is 2.55 bits per heavy atom. The van der Waals surface area contributed by atoms with E-state index < -0.39 is 6.04 Å². The van der Waals surface area contributed by atoms with E-state index in [9.17, 15) is 14.7 Å². The normalized spacial score (nSPS) is 26.0. The lowest BCUT2D eigenvalue weighted by molar-refractivity contribution is -0.394. The molecule has 2 aromatic carbocycles. The van der Waals surface area contributed by atoms with Gasteiger partial charge in [-0.15, -0.1) is 4.99 Å². The summed E-state index contributed by atoms with van der Waals surface area (Å²) in [5, 5.41) is 10.3. The fourth-order valence-corrected chi connectivity index (χ4v) is 6.16. The molecule has 3 atom stereocenters. The summed E-state index contributed by atoms with van der Waals surface area (Å²) >= 11 is 0. The summed E-state index contributed by atoms with van der Waals surface area (Å²) in [6.45, 7) is 2.10. The molecule has 200 valence electrons. The van der Waals surface area contributed by atoms with Crippen LogP contribution < -0.4 is 19.2 Å². The van der Waals surface area contributed by atoms with E-state index in [-0.39, 0.29) is 36.3 Å². The molecular formula is C29H34N3O6+. The molecule has 4 aliphatic rings. The number of nitrogens with zero attached hydrogens (tertiary/aromatic N) is 2. The molecule has 0 spiro atoms. The second-order valence-corrected chi connectivity index (χ2v) is 10.6. The van der Waals surface area contributed by atoms with Crippen LogP contribution in [0, 0.1) is 0 Å². The molecule has 6 rings (SSSR count). The van der Waals surface area contributed by atoms with Crippen molar-refractivity contribution in [2.45, 2.75) is 69.4 Å². The number of hydrogen-bond acceptors (Lipinski definition) is 6. The van der Waals surface area contributed by atoms with Crippen LogP contribution in [0.5, 0.6) is 17.2 Å². The van der Waals surface area contributed by atoms with E-state index in [0.717, 1.165) is 55.2 Å². The van der Waals surface area contributed by atoms with Gasteiger partial charge in [-0.05, 0) is 61.6 Å². The van der Waals surface area contributed by atoms with Crippen LogP contribution in [0.15, 0.2) is 42.5 Å². The third-order valence-corrected chi connectivity index (χ3v) is 8.18. The SMILES string of the molecule is COc1ccccc1OC1CN([C@@H]2CCCC[C@H]2Oc2ccc3c(c2)CN(C2CCC(=O)[NH+]=C2O)C3=O)C1. The molecule has 2 aromatic rings. The quantitative estimate of drug-likeness (QED) is 0.574. The Bertz CT molecular complexity index is 1260. The molecule has 1 unspecified atom stereocenters. The number of carbonyl (C=O) groups is 2. The molecule has 0 aromatic heterocycles. The highest BCUT2D eigenvalue weighted by Crippen LogP contribution is 2.35. The van der Waals surface area contributed by atoms with Crippen LogP contribution in [-0.2, 0) is 11.3 Å². The molecule has 1 saturated carbocycles. The van der Waals surface area contributed by atoms with E-state index in [4.69, 9.17) is 14.2 Å². The number of para-hydroxylation sites is 2. The Morgan fingerprint density at radius 1 is 0.974 bits per heavy atom. The molecule has 0 radical (unpaired) electrons. The topological polar surface area (TPSA) is 103 Å². The summed E-state index contributed by atoms with van der Waals surface area (Å²) in [5.41, 5.74) is 1.51. The lowest BCUT2D eigenvalue weighted by Crippen LogP contribution is -2.82. The first kappa shape index (κ1) is 24.7. The number of ether oxygens (including phenoxy) is 3. The Morgan fingerprint density at radius 2 is 1.76 bits per heavy atom. The molecule has 3 aliphatic heterocycles. The largest absolute Gasteiger partial charge is 0.493 e. The average Bonchev–Trinajstić information content (AvgIpc) is 3.22. The smallest absolute Gasteiger partial charge is 0.388 e. The fourth-order valence-electron chi connectivity index (χ4n) is 6.16. The molecule has 38 heavy (non-hydrogen) atoms. The first-order valence-corrected chi connectivity index (χ1v) is 13.5. The number of rotatable bonds is 7. The number of hydrogen-bond donors (Lipinski definition) is 2. The number of aliphatic hydroxyl groups is 1.